The molecule has 1 heterocycles. The Morgan fingerprint density at radius 2 is 1.95 bits per heavy atom. The average molecular weight is 284 g/mol. The molecule has 0 aliphatic heterocycles. The van der Waals surface area contributed by atoms with Gasteiger partial charge in [-0.1, -0.05) is 19.9 Å². The zero-order chi connectivity index (χ0) is 14.8. The molecule has 114 valence electrons. The van der Waals surface area contributed by atoms with Gasteiger partial charge in [0.1, 0.15) is 0 Å². The smallest absolute Gasteiger partial charge is 0.0459 e. The quantitative estimate of drug-likeness (QED) is 0.859. The van der Waals surface area contributed by atoms with E-state index in [9.17, 15) is 0 Å². The number of fused-ring (bicyclic) bond motifs is 3. The standard InChI is InChI=1S/C19H28N2/c1-4-10-21(11-5-2)16-8-6-15-7-9-18-19(17(15)12-16)14(3)13-20-18/h7,9,13,16,20H,4-6,8,10-12H2,1-3H3/t16-/m0/s1. The van der Waals surface area contributed by atoms with Gasteiger partial charge in [-0.3, -0.25) is 0 Å². The molecule has 1 aromatic heterocycles. The Hall–Kier alpha value is -1.28. The van der Waals surface area contributed by atoms with Crippen LogP contribution in [-0.2, 0) is 12.8 Å². The molecule has 0 saturated heterocycles. The molecule has 2 nitrogen and oxygen atoms in total. The zero-order valence-corrected chi connectivity index (χ0v) is 13.7. The van der Waals surface area contributed by atoms with Crippen LogP contribution in [0.2, 0.25) is 0 Å². The lowest BCUT2D eigenvalue weighted by Gasteiger charge is -2.35. The van der Waals surface area contributed by atoms with E-state index in [1.807, 2.05) is 0 Å². The van der Waals surface area contributed by atoms with Gasteiger partial charge in [-0.05, 0) is 74.9 Å². The first kappa shape index (κ1) is 14.6. The second-order valence-electron chi connectivity index (χ2n) is 6.53. The van der Waals surface area contributed by atoms with E-state index < -0.39 is 0 Å². The molecule has 2 heteroatoms. The van der Waals surface area contributed by atoms with E-state index in [1.54, 1.807) is 11.1 Å². The van der Waals surface area contributed by atoms with Gasteiger partial charge in [0.2, 0.25) is 0 Å². The molecule has 1 aliphatic rings. The highest BCUT2D eigenvalue weighted by Crippen LogP contribution is 2.32. The Morgan fingerprint density at radius 3 is 2.67 bits per heavy atom. The number of aryl methyl sites for hydroxylation is 2. The summed E-state index contributed by atoms with van der Waals surface area (Å²) in [5, 5.41) is 1.49. The van der Waals surface area contributed by atoms with Crippen molar-refractivity contribution in [1.29, 1.82) is 0 Å². The molecule has 1 N–H and O–H groups in total. The van der Waals surface area contributed by atoms with Gasteiger partial charge in [0.05, 0.1) is 0 Å². The molecule has 3 rings (SSSR count). The van der Waals surface area contributed by atoms with E-state index in [0.29, 0.717) is 0 Å². The van der Waals surface area contributed by atoms with Crippen LogP contribution in [0.5, 0.6) is 0 Å². The molecular formula is C19H28N2. The van der Waals surface area contributed by atoms with Crippen molar-refractivity contribution in [3.8, 4) is 0 Å². The van der Waals surface area contributed by atoms with Crippen molar-refractivity contribution in [2.75, 3.05) is 13.1 Å². The maximum absolute atomic E-state index is 3.42. The molecule has 0 unspecified atom stereocenters. The van der Waals surface area contributed by atoms with Crippen LogP contribution in [0.3, 0.4) is 0 Å². The van der Waals surface area contributed by atoms with Gasteiger partial charge >= 0.3 is 0 Å². The number of aromatic nitrogens is 1. The summed E-state index contributed by atoms with van der Waals surface area (Å²) in [6.07, 6.45) is 8.47. The van der Waals surface area contributed by atoms with Gasteiger partial charge in [-0.15, -0.1) is 0 Å². The monoisotopic (exact) mass is 284 g/mol. The van der Waals surface area contributed by atoms with E-state index in [4.69, 9.17) is 0 Å². The van der Waals surface area contributed by atoms with Crippen molar-refractivity contribution in [2.45, 2.75) is 58.9 Å². The highest BCUT2D eigenvalue weighted by Gasteiger charge is 2.25. The van der Waals surface area contributed by atoms with Crippen LogP contribution < -0.4 is 0 Å². The SMILES string of the molecule is CCCN(CCC)[C@H]1CCc2ccc3[nH]cc(C)c3c2C1. The number of aromatic amines is 1. The number of hydrogen-bond acceptors (Lipinski definition) is 1. The Bertz CT molecular complexity index is 605. The summed E-state index contributed by atoms with van der Waals surface area (Å²) >= 11 is 0. The number of nitrogens with one attached hydrogen (secondary N) is 1. The lowest BCUT2D eigenvalue weighted by atomic mass is 9.84. The van der Waals surface area contributed by atoms with Gasteiger partial charge in [-0.25, -0.2) is 0 Å². The van der Waals surface area contributed by atoms with Crippen molar-refractivity contribution < 1.29 is 0 Å². The minimum Gasteiger partial charge on any atom is -0.361 e. The highest BCUT2D eigenvalue weighted by molar-refractivity contribution is 5.87. The molecule has 0 radical (unpaired) electrons. The minimum absolute atomic E-state index is 0.734. The summed E-state index contributed by atoms with van der Waals surface area (Å²) in [6.45, 7) is 9.33. The first-order chi connectivity index (χ1) is 10.2. The van der Waals surface area contributed by atoms with Crippen molar-refractivity contribution in [3.63, 3.8) is 0 Å². The molecule has 0 spiro atoms. The van der Waals surface area contributed by atoms with E-state index >= 15 is 0 Å². The van der Waals surface area contributed by atoms with E-state index in [-0.39, 0.29) is 0 Å². The van der Waals surface area contributed by atoms with E-state index in [1.165, 1.54) is 61.7 Å². The van der Waals surface area contributed by atoms with E-state index in [2.05, 4.69) is 49.0 Å². The normalized spacial score (nSPS) is 18.4. The number of rotatable bonds is 5. The molecule has 0 saturated carbocycles. The number of nitrogens with zero attached hydrogens (tertiary/aromatic N) is 1. The summed E-state index contributed by atoms with van der Waals surface area (Å²) in [6, 6.07) is 5.34. The van der Waals surface area contributed by atoms with Crippen molar-refractivity contribution in [2.24, 2.45) is 0 Å². The Balaban J connectivity index is 1.93. The zero-order valence-electron chi connectivity index (χ0n) is 13.7. The van der Waals surface area contributed by atoms with Crippen molar-refractivity contribution in [3.05, 3.63) is 35.0 Å². The predicted octanol–water partition coefficient (Wildman–Crippen LogP) is 4.46. The van der Waals surface area contributed by atoms with Gasteiger partial charge in [0.15, 0.2) is 0 Å². The molecular weight excluding hydrogens is 256 g/mol. The van der Waals surface area contributed by atoms with Crippen molar-refractivity contribution >= 4 is 10.9 Å². The maximum Gasteiger partial charge on any atom is 0.0459 e. The molecule has 1 atom stereocenters. The van der Waals surface area contributed by atoms with Crippen LogP contribution in [-0.4, -0.2) is 29.0 Å². The van der Waals surface area contributed by atoms with Crippen molar-refractivity contribution in [1.82, 2.24) is 9.88 Å². The molecule has 21 heavy (non-hydrogen) atoms. The summed E-state index contributed by atoms with van der Waals surface area (Å²) in [5.41, 5.74) is 5.90. The second kappa shape index (κ2) is 6.23. The Morgan fingerprint density at radius 1 is 1.19 bits per heavy atom. The molecule has 0 amide bonds. The molecule has 2 aromatic rings. The first-order valence-corrected chi connectivity index (χ1v) is 8.57. The highest BCUT2D eigenvalue weighted by atomic mass is 15.1. The maximum atomic E-state index is 3.42. The van der Waals surface area contributed by atoms with Crippen LogP contribution in [0, 0.1) is 6.92 Å². The van der Waals surface area contributed by atoms with Crippen LogP contribution in [0.15, 0.2) is 18.3 Å². The van der Waals surface area contributed by atoms with E-state index in [0.717, 1.165) is 6.04 Å². The summed E-state index contributed by atoms with van der Waals surface area (Å²) < 4.78 is 0. The molecule has 0 bridgehead atoms. The molecule has 0 fully saturated rings. The van der Waals surface area contributed by atoms with Gasteiger partial charge < -0.3 is 9.88 Å². The Labute approximate surface area is 128 Å². The first-order valence-electron chi connectivity index (χ1n) is 8.57. The topological polar surface area (TPSA) is 19.0 Å². The van der Waals surface area contributed by atoms with Gasteiger partial charge in [0, 0.05) is 23.1 Å². The molecule has 1 aromatic carbocycles. The lowest BCUT2D eigenvalue weighted by molar-refractivity contribution is 0.180. The average Bonchev–Trinajstić information content (AvgIpc) is 2.88. The predicted molar refractivity (Wildman–Crippen MR) is 91.0 cm³/mol. The van der Waals surface area contributed by atoms with Crippen LogP contribution in [0.1, 0.15) is 49.8 Å². The third kappa shape index (κ3) is 2.74. The minimum atomic E-state index is 0.734. The van der Waals surface area contributed by atoms with Gasteiger partial charge in [-0.2, -0.15) is 0 Å². The third-order valence-electron chi connectivity index (χ3n) is 4.97. The summed E-state index contributed by atoms with van der Waals surface area (Å²) in [5.74, 6) is 0. The fourth-order valence-corrected chi connectivity index (χ4v) is 4.01. The van der Waals surface area contributed by atoms with Crippen LogP contribution in [0.4, 0.5) is 0 Å². The number of benzene rings is 1. The van der Waals surface area contributed by atoms with Gasteiger partial charge in [0.25, 0.3) is 0 Å². The van der Waals surface area contributed by atoms with Crippen LogP contribution in [0.25, 0.3) is 10.9 Å². The largest absolute Gasteiger partial charge is 0.361 e. The second-order valence-corrected chi connectivity index (χ2v) is 6.53. The fourth-order valence-electron chi connectivity index (χ4n) is 4.01. The Kier molecular flexibility index (Phi) is 4.34. The lowest BCUT2D eigenvalue weighted by Crippen LogP contribution is -2.40. The summed E-state index contributed by atoms with van der Waals surface area (Å²) in [4.78, 5) is 6.14. The number of hydrogen-bond donors (Lipinski definition) is 1. The molecule has 1 aliphatic carbocycles. The number of H-pyrrole nitrogens is 1. The fraction of sp³-hybridized carbons (Fsp3) is 0.579. The van der Waals surface area contributed by atoms with Crippen LogP contribution >= 0.6 is 0 Å². The summed E-state index contributed by atoms with van der Waals surface area (Å²) in [7, 11) is 0. The third-order valence-corrected chi connectivity index (χ3v) is 4.97.